The number of halogens is 3. The number of hydrogen-bond donors (Lipinski definition) is 0. The molecule has 0 saturated carbocycles. The first-order valence-electron chi connectivity index (χ1n) is 6.93. The zero-order chi connectivity index (χ0) is 16.4. The van der Waals surface area contributed by atoms with Crippen molar-refractivity contribution in [2.75, 3.05) is 0 Å². The summed E-state index contributed by atoms with van der Waals surface area (Å²) < 4.78 is 43.5. The summed E-state index contributed by atoms with van der Waals surface area (Å²) in [5.41, 5.74) is 2.13. The van der Waals surface area contributed by atoms with E-state index in [1.165, 1.54) is 0 Å². The molecule has 3 rings (SSSR count). The molecule has 5 nitrogen and oxygen atoms in total. The first kappa shape index (κ1) is 15.3. The van der Waals surface area contributed by atoms with Crippen LogP contribution in [0.3, 0.4) is 0 Å². The molecule has 0 amide bonds. The van der Waals surface area contributed by atoms with Crippen molar-refractivity contribution in [3.05, 3.63) is 53.7 Å². The van der Waals surface area contributed by atoms with Gasteiger partial charge in [0.05, 0.1) is 11.3 Å². The molecule has 0 aliphatic rings. The molecule has 0 saturated heterocycles. The first-order chi connectivity index (χ1) is 10.9. The lowest BCUT2D eigenvalue weighted by molar-refractivity contribution is -0.159. The highest BCUT2D eigenvalue weighted by atomic mass is 19.4. The molecule has 1 aromatic carbocycles. The number of hydrogen-bond acceptors (Lipinski definition) is 4. The van der Waals surface area contributed by atoms with Crippen LogP contribution < -0.4 is 0 Å². The number of nitrogens with zero attached hydrogens (tertiary/aromatic N) is 4. The quantitative estimate of drug-likeness (QED) is 0.737. The molecule has 23 heavy (non-hydrogen) atoms. The van der Waals surface area contributed by atoms with Crippen molar-refractivity contribution in [2.45, 2.75) is 26.1 Å². The van der Waals surface area contributed by atoms with E-state index in [2.05, 4.69) is 19.8 Å². The molecule has 0 bridgehead atoms. The molecule has 0 fully saturated rings. The van der Waals surface area contributed by atoms with Crippen LogP contribution in [-0.4, -0.2) is 19.9 Å². The van der Waals surface area contributed by atoms with Gasteiger partial charge >= 0.3 is 12.1 Å². The van der Waals surface area contributed by atoms with Crippen LogP contribution in [0.1, 0.15) is 17.1 Å². The predicted octanol–water partition coefficient (Wildman–Crippen LogP) is 3.50. The van der Waals surface area contributed by atoms with E-state index in [4.69, 9.17) is 0 Å². The molecule has 0 spiro atoms. The second-order valence-electron chi connectivity index (χ2n) is 5.05. The minimum atomic E-state index is -4.65. The van der Waals surface area contributed by atoms with Gasteiger partial charge in [-0.15, -0.1) is 0 Å². The Hall–Kier alpha value is -2.64. The monoisotopic (exact) mass is 322 g/mol. The summed E-state index contributed by atoms with van der Waals surface area (Å²) in [4.78, 5) is 3.39. The Morgan fingerprint density at radius 1 is 1.17 bits per heavy atom. The molecule has 0 aliphatic carbocycles. The van der Waals surface area contributed by atoms with Crippen LogP contribution >= 0.6 is 0 Å². The maximum absolute atomic E-state index is 12.5. The molecule has 0 atom stereocenters. The van der Waals surface area contributed by atoms with Gasteiger partial charge in [0.25, 0.3) is 0 Å². The second kappa shape index (κ2) is 5.86. The summed E-state index contributed by atoms with van der Waals surface area (Å²) in [7, 11) is 0. The molecule has 8 heteroatoms. The normalized spacial score (nSPS) is 11.8. The van der Waals surface area contributed by atoms with Gasteiger partial charge in [-0.25, -0.2) is 0 Å². The molecule has 120 valence electrons. The third-order valence-electron chi connectivity index (χ3n) is 3.33. The van der Waals surface area contributed by atoms with Gasteiger partial charge in [-0.1, -0.05) is 35.5 Å². The molecular weight excluding hydrogens is 309 g/mol. The van der Waals surface area contributed by atoms with Crippen molar-refractivity contribution in [3.63, 3.8) is 0 Å². The van der Waals surface area contributed by atoms with Crippen LogP contribution in [0.2, 0.25) is 0 Å². The van der Waals surface area contributed by atoms with E-state index < -0.39 is 12.1 Å². The van der Waals surface area contributed by atoms with Gasteiger partial charge in [0, 0.05) is 12.7 Å². The lowest BCUT2D eigenvalue weighted by Gasteiger charge is -2.01. The predicted molar refractivity (Wildman–Crippen MR) is 75.4 cm³/mol. The van der Waals surface area contributed by atoms with Crippen LogP contribution in [0.5, 0.6) is 0 Å². The maximum atomic E-state index is 12.5. The summed E-state index contributed by atoms with van der Waals surface area (Å²) >= 11 is 0. The molecule has 2 heterocycles. The highest BCUT2D eigenvalue weighted by Crippen LogP contribution is 2.29. The van der Waals surface area contributed by atoms with E-state index >= 15 is 0 Å². The van der Waals surface area contributed by atoms with E-state index in [-0.39, 0.29) is 5.82 Å². The van der Waals surface area contributed by atoms with Crippen LogP contribution in [0, 0.1) is 6.92 Å². The van der Waals surface area contributed by atoms with Gasteiger partial charge in [0.2, 0.25) is 5.82 Å². The Kier molecular flexibility index (Phi) is 3.89. The molecule has 0 unspecified atom stereocenters. The fourth-order valence-electron chi connectivity index (χ4n) is 2.19. The second-order valence-corrected chi connectivity index (χ2v) is 5.05. The lowest BCUT2D eigenvalue weighted by atomic mass is 10.1. The van der Waals surface area contributed by atoms with Gasteiger partial charge in [-0.2, -0.15) is 23.3 Å². The van der Waals surface area contributed by atoms with Crippen molar-refractivity contribution >= 4 is 0 Å². The van der Waals surface area contributed by atoms with Crippen molar-refractivity contribution < 1.29 is 17.7 Å². The Morgan fingerprint density at radius 3 is 2.57 bits per heavy atom. The first-order valence-corrected chi connectivity index (χ1v) is 6.93. The number of benzene rings is 1. The Morgan fingerprint density at radius 2 is 1.91 bits per heavy atom. The average Bonchev–Trinajstić information content (AvgIpc) is 3.12. The highest BCUT2D eigenvalue weighted by molar-refractivity contribution is 5.56. The summed E-state index contributed by atoms with van der Waals surface area (Å²) in [5.74, 6) is -1.47. The summed E-state index contributed by atoms with van der Waals surface area (Å²) in [6, 6.07) is 9.85. The molecule has 2 aromatic heterocycles. The third kappa shape index (κ3) is 3.41. The SMILES string of the molecule is Cc1nn(CCc2ccccc2)cc1-c1noc(C(F)(F)F)n1. The average molecular weight is 322 g/mol. The summed E-state index contributed by atoms with van der Waals surface area (Å²) in [5, 5.41) is 7.67. The van der Waals surface area contributed by atoms with E-state index in [1.54, 1.807) is 17.8 Å². The maximum Gasteiger partial charge on any atom is 0.471 e. The number of aryl methyl sites for hydroxylation is 3. The smallest absolute Gasteiger partial charge is 0.329 e. The summed E-state index contributed by atoms with van der Waals surface area (Å²) in [6.07, 6.45) is -2.26. The van der Waals surface area contributed by atoms with Gasteiger partial charge in [0.1, 0.15) is 0 Å². The lowest BCUT2D eigenvalue weighted by Crippen LogP contribution is -2.04. The summed E-state index contributed by atoms with van der Waals surface area (Å²) in [6.45, 7) is 2.30. The van der Waals surface area contributed by atoms with Crippen LogP contribution in [0.15, 0.2) is 41.1 Å². The Labute approximate surface area is 129 Å². The van der Waals surface area contributed by atoms with Crippen molar-refractivity contribution in [2.24, 2.45) is 0 Å². The van der Waals surface area contributed by atoms with Gasteiger partial charge in [-0.05, 0) is 18.9 Å². The van der Waals surface area contributed by atoms with E-state index in [9.17, 15) is 13.2 Å². The number of alkyl halides is 3. The van der Waals surface area contributed by atoms with E-state index in [0.29, 0.717) is 17.8 Å². The zero-order valence-electron chi connectivity index (χ0n) is 12.2. The van der Waals surface area contributed by atoms with E-state index in [1.807, 2.05) is 30.3 Å². The van der Waals surface area contributed by atoms with Crippen LogP contribution in [-0.2, 0) is 19.1 Å². The van der Waals surface area contributed by atoms with Gasteiger partial charge in [-0.3, -0.25) is 4.68 Å². The molecule has 0 N–H and O–H groups in total. The Bertz CT molecular complexity index is 793. The van der Waals surface area contributed by atoms with Crippen LogP contribution in [0.4, 0.5) is 13.2 Å². The fourth-order valence-corrected chi connectivity index (χ4v) is 2.19. The van der Waals surface area contributed by atoms with Crippen LogP contribution in [0.25, 0.3) is 11.4 Å². The van der Waals surface area contributed by atoms with Crippen molar-refractivity contribution in [3.8, 4) is 11.4 Å². The van der Waals surface area contributed by atoms with Gasteiger partial charge < -0.3 is 4.52 Å². The zero-order valence-corrected chi connectivity index (χ0v) is 12.2. The molecular formula is C15H13F3N4O. The fraction of sp³-hybridized carbons (Fsp3) is 0.267. The third-order valence-corrected chi connectivity index (χ3v) is 3.33. The van der Waals surface area contributed by atoms with E-state index in [0.717, 1.165) is 12.0 Å². The minimum absolute atomic E-state index is 0.110. The standard InChI is InChI=1S/C15H13F3N4O/c1-10-12(13-19-14(23-21-13)15(16,17)18)9-22(20-10)8-7-11-5-3-2-4-6-11/h2-6,9H,7-8H2,1H3. The largest absolute Gasteiger partial charge is 0.471 e. The highest BCUT2D eigenvalue weighted by Gasteiger charge is 2.38. The molecule has 3 aromatic rings. The molecule has 0 aliphatic heterocycles. The van der Waals surface area contributed by atoms with Crippen molar-refractivity contribution in [1.82, 2.24) is 19.9 Å². The number of aromatic nitrogens is 4. The minimum Gasteiger partial charge on any atom is -0.329 e. The molecule has 0 radical (unpaired) electrons. The van der Waals surface area contributed by atoms with Gasteiger partial charge in [0.15, 0.2) is 0 Å². The Balaban J connectivity index is 1.77. The van der Waals surface area contributed by atoms with Crippen molar-refractivity contribution in [1.29, 1.82) is 0 Å². The topological polar surface area (TPSA) is 56.7 Å². The number of rotatable bonds is 4.